The Morgan fingerprint density at radius 1 is 0.611 bits per heavy atom. The van der Waals surface area contributed by atoms with Crippen molar-refractivity contribution in [2.45, 2.75) is 104 Å². The zero-order valence-electron chi connectivity index (χ0n) is 23.0. The molecule has 3 unspecified atom stereocenters. The first kappa shape index (κ1) is 32.6. The fourth-order valence-electron chi connectivity index (χ4n) is 2.55. The highest BCUT2D eigenvalue weighted by Crippen LogP contribution is 2.09. The smallest absolute Gasteiger partial charge is 0.408 e. The number of ether oxygens (including phenoxy) is 2. The maximum Gasteiger partial charge on any atom is 0.408 e. The van der Waals surface area contributed by atoms with E-state index in [1.54, 1.807) is 20.8 Å². The Hall–Kier alpha value is -3.38. The SMILES string of the molecule is COC(=O)C(C)NC(=O)C(C)(C)NC(=O)C(C)NC(=O)C(C)(C)NC(=O)C(C)NC(=O)OC(C)(C)C. The van der Waals surface area contributed by atoms with Crippen molar-refractivity contribution in [1.82, 2.24) is 26.6 Å². The number of amides is 5. The molecule has 0 saturated carbocycles. The lowest BCUT2D eigenvalue weighted by Gasteiger charge is -2.30. The minimum atomic E-state index is -1.45. The van der Waals surface area contributed by atoms with E-state index in [2.05, 4.69) is 31.3 Å². The lowest BCUT2D eigenvalue weighted by Crippen LogP contribution is -2.63. The topological polar surface area (TPSA) is 181 Å². The van der Waals surface area contributed by atoms with Gasteiger partial charge in [-0.1, -0.05) is 0 Å². The van der Waals surface area contributed by atoms with E-state index in [0.29, 0.717) is 0 Å². The Labute approximate surface area is 212 Å². The molecule has 13 heteroatoms. The number of esters is 1. The lowest BCUT2D eigenvalue weighted by molar-refractivity contribution is -0.145. The second-order valence-electron chi connectivity index (χ2n) is 10.5. The van der Waals surface area contributed by atoms with Crippen molar-refractivity contribution in [2.75, 3.05) is 7.11 Å². The Kier molecular flexibility index (Phi) is 11.4. The molecule has 0 aromatic rings. The Morgan fingerprint density at radius 3 is 1.33 bits per heavy atom. The average Bonchev–Trinajstić information content (AvgIpc) is 2.70. The molecule has 0 aliphatic carbocycles. The first-order valence-corrected chi connectivity index (χ1v) is 11.5. The van der Waals surface area contributed by atoms with Crippen LogP contribution in [0.4, 0.5) is 4.79 Å². The zero-order valence-corrected chi connectivity index (χ0v) is 23.0. The van der Waals surface area contributed by atoms with Gasteiger partial charge in [-0.3, -0.25) is 19.2 Å². The molecular weight excluding hydrogens is 474 g/mol. The fourth-order valence-corrected chi connectivity index (χ4v) is 2.55. The Morgan fingerprint density at radius 2 is 0.972 bits per heavy atom. The predicted octanol–water partition coefficient (Wildman–Crippen LogP) is -0.128. The van der Waals surface area contributed by atoms with Crippen molar-refractivity contribution in [2.24, 2.45) is 0 Å². The van der Waals surface area contributed by atoms with Crippen molar-refractivity contribution in [3.05, 3.63) is 0 Å². The van der Waals surface area contributed by atoms with Gasteiger partial charge in [-0.25, -0.2) is 9.59 Å². The van der Waals surface area contributed by atoms with E-state index >= 15 is 0 Å². The Bertz CT molecular complexity index is 863. The molecule has 0 rings (SSSR count). The van der Waals surface area contributed by atoms with Gasteiger partial charge < -0.3 is 36.1 Å². The molecule has 13 nitrogen and oxygen atoms in total. The van der Waals surface area contributed by atoms with E-state index in [9.17, 15) is 28.8 Å². The molecule has 0 bridgehead atoms. The third-order valence-corrected chi connectivity index (χ3v) is 4.78. The number of hydrogen-bond donors (Lipinski definition) is 5. The zero-order chi connectivity index (χ0) is 28.6. The van der Waals surface area contributed by atoms with Gasteiger partial charge in [0.25, 0.3) is 0 Å². The number of methoxy groups -OCH3 is 1. The molecule has 0 heterocycles. The van der Waals surface area contributed by atoms with E-state index in [4.69, 9.17) is 4.74 Å². The van der Waals surface area contributed by atoms with Crippen LogP contribution in [-0.2, 0) is 33.4 Å². The van der Waals surface area contributed by atoms with E-state index in [0.717, 1.165) is 0 Å². The molecule has 0 aliphatic rings. The molecule has 0 aromatic heterocycles. The summed E-state index contributed by atoms with van der Waals surface area (Å²) in [6, 6.07) is -3.00. The minimum absolute atomic E-state index is 0.633. The molecule has 0 radical (unpaired) electrons. The van der Waals surface area contributed by atoms with E-state index < -0.39 is 70.5 Å². The minimum Gasteiger partial charge on any atom is -0.467 e. The van der Waals surface area contributed by atoms with Crippen LogP contribution >= 0.6 is 0 Å². The summed E-state index contributed by atoms with van der Waals surface area (Å²) in [4.78, 5) is 73.7. The highest BCUT2D eigenvalue weighted by atomic mass is 16.6. The largest absolute Gasteiger partial charge is 0.467 e. The summed E-state index contributed by atoms with van der Waals surface area (Å²) in [5, 5.41) is 12.3. The van der Waals surface area contributed by atoms with Crippen LogP contribution in [0.3, 0.4) is 0 Å². The Balaban J connectivity index is 5.01. The van der Waals surface area contributed by atoms with E-state index in [1.807, 2.05) is 0 Å². The molecule has 0 fully saturated rings. The predicted molar refractivity (Wildman–Crippen MR) is 131 cm³/mol. The van der Waals surface area contributed by atoms with E-state index in [-0.39, 0.29) is 0 Å². The van der Waals surface area contributed by atoms with Crippen LogP contribution in [0.5, 0.6) is 0 Å². The fraction of sp³-hybridized carbons (Fsp3) is 0.739. The number of carbonyl (C=O) groups excluding carboxylic acids is 6. The van der Waals surface area contributed by atoms with Crippen LogP contribution in [0.2, 0.25) is 0 Å². The molecule has 0 aromatic carbocycles. The van der Waals surface area contributed by atoms with Gasteiger partial charge in [-0.2, -0.15) is 0 Å². The third kappa shape index (κ3) is 10.9. The molecule has 5 N–H and O–H groups in total. The van der Waals surface area contributed by atoms with Crippen molar-refractivity contribution < 1.29 is 38.2 Å². The molecular formula is C23H41N5O8. The first-order valence-electron chi connectivity index (χ1n) is 11.5. The van der Waals surface area contributed by atoms with Crippen LogP contribution in [-0.4, -0.2) is 77.6 Å². The van der Waals surface area contributed by atoms with Gasteiger partial charge in [0.15, 0.2) is 0 Å². The van der Waals surface area contributed by atoms with E-state index in [1.165, 1.54) is 55.6 Å². The summed E-state index contributed by atoms with van der Waals surface area (Å²) in [7, 11) is 1.18. The third-order valence-electron chi connectivity index (χ3n) is 4.78. The van der Waals surface area contributed by atoms with Gasteiger partial charge >= 0.3 is 12.1 Å². The first-order chi connectivity index (χ1) is 16.1. The van der Waals surface area contributed by atoms with Crippen LogP contribution in [0.15, 0.2) is 0 Å². The summed E-state index contributed by atoms with van der Waals surface area (Å²) >= 11 is 0. The maximum absolute atomic E-state index is 12.8. The summed E-state index contributed by atoms with van der Waals surface area (Å²) in [5.41, 5.74) is -3.60. The van der Waals surface area contributed by atoms with Crippen LogP contribution in [0.1, 0.15) is 69.2 Å². The number of nitrogens with one attached hydrogen (secondary N) is 5. The highest BCUT2D eigenvalue weighted by Gasteiger charge is 2.36. The summed E-state index contributed by atoms with van der Waals surface area (Å²) in [6.45, 7) is 15.0. The lowest BCUT2D eigenvalue weighted by atomic mass is 10.0. The second kappa shape index (κ2) is 12.5. The van der Waals surface area contributed by atoms with Gasteiger partial charge in [0, 0.05) is 0 Å². The van der Waals surface area contributed by atoms with Crippen LogP contribution < -0.4 is 26.6 Å². The van der Waals surface area contributed by atoms with Crippen molar-refractivity contribution in [1.29, 1.82) is 0 Å². The second-order valence-corrected chi connectivity index (χ2v) is 10.5. The molecule has 0 saturated heterocycles. The number of hydrogen-bond acceptors (Lipinski definition) is 8. The standard InChI is InChI=1S/C23H41N5O8/c1-12(15(29)27-23(9,10)19(33)25-14(3)17(31)35-11)24-18(32)22(7,8)28-16(30)13(2)26-20(34)36-21(4,5)6/h12-14H,1-11H3,(H,24,32)(H,25,33)(H,26,34)(H,27,29)(H,28,30). The molecule has 3 atom stereocenters. The average molecular weight is 516 g/mol. The molecule has 0 spiro atoms. The quantitative estimate of drug-likeness (QED) is 0.249. The van der Waals surface area contributed by atoms with Gasteiger partial charge in [0.2, 0.25) is 23.6 Å². The molecule has 36 heavy (non-hydrogen) atoms. The normalized spacial score (nSPS) is 14.3. The maximum atomic E-state index is 12.8. The summed E-state index contributed by atoms with van der Waals surface area (Å²) in [5.74, 6) is -3.27. The van der Waals surface area contributed by atoms with Gasteiger partial charge in [0.1, 0.15) is 34.8 Å². The van der Waals surface area contributed by atoms with Gasteiger partial charge in [-0.15, -0.1) is 0 Å². The van der Waals surface area contributed by atoms with Crippen molar-refractivity contribution in [3.8, 4) is 0 Å². The number of rotatable bonds is 10. The number of alkyl carbamates (subject to hydrolysis) is 1. The number of carbonyl (C=O) groups is 6. The van der Waals surface area contributed by atoms with Gasteiger partial charge in [0.05, 0.1) is 7.11 Å². The molecule has 5 amide bonds. The summed E-state index contributed by atoms with van der Waals surface area (Å²) < 4.78 is 9.66. The molecule has 0 aliphatic heterocycles. The van der Waals surface area contributed by atoms with Crippen molar-refractivity contribution in [3.63, 3.8) is 0 Å². The van der Waals surface area contributed by atoms with Gasteiger partial charge in [-0.05, 0) is 69.2 Å². The van der Waals surface area contributed by atoms with Crippen molar-refractivity contribution >= 4 is 35.7 Å². The van der Waals surface area contributed by atoms with Crippen LogP contribution in [0, 0.1) is 0 Å². The monoisotopic (exact) mass is 515 g/mol. The molecule has 206 valence electrons. The van der Waals surface area contributed by atoms with Crippen LogP contribution in [0.25, 0.3) is 0 Å². The highest BCUT2D eigenvalue weighted by molar-refractivity contribution is 5.97. The summed E-state index contributed by atoms with van der Waals surface area (Å²) in [6.07, 6.45) is -0.787.